The molecular formula is C22H32N4O3. The molecule has 1 heterocycles. The van der Waals surface area contributed by atoms with Crippen LogP contribution < -0.4 is 10.1 Å². The molecule has 0 bridgehead atoms. The Bertz CT molecular complexity index is 809. The van der Waals surface area contributed by atoms with Gasteiger partial charge in [-0.25, -0.2) is 0 Å². The molecule has 1 N–H and O–H groups in total. The molecule has 158 valence electrons. The topological polar surface area (TPSA) is 76.5 Å². The minimum absolute atomic E-state index is 0.0208. The van der Waals surface area contributed by atoms with Gasteiger partial charge in [-0.15, -0.1) is 0 Å². The standard InChI is InChI=1S/C22H32N4O3/c1-6-7-13-26(21(28)16-29-17-11-9-8-10-12-17)15-20(27)23-19-14-18(22(2,3)4)24-25(19)5/h8-12,14H,6-7,13,15-16H2,1-5H3,(H,23,27). The number of para-hydroxylation sites is 1. The van der Waals surface area contributed by atoms with E-state index in [1.54, 1.807) is 28.8 Å². The average molecular weight is 401 g/mol. The highest BCUT2D eigenvalue weighted by Crippen LogP contribution is 2.23. The lowest BCUT2D eigenvalue weighted by Crippen LogP contribution is -2.41. The third-order valence-corrected chi connectivity index (χ3v) is 4.49. The summed E-state index contributed by atoms with van der Waals surface area (Å²) in [6, 6.07) is 11.0. The number of nitrogens with zero attached hydrogens (tertiary/aromatic N) is 3. The maximum Gasteiger partial charge on any atom is 0.260 e. The van der Waals surface area contributed by atoms with Crippen LogP contribution in [0, 0.1) is 0 Å². The molecule has 0 radical (unpaired) electrons. The predicted octanol–water partition coefficient (Wildman–Crippen LogP) is 3.36. The summed E-state index contributed by atoms with van der Waals surface area (Å²) in [5, 5.41) is 7.33. The fourth-order valence-electron chi connectivity index (χ4n) is 2.70. The first-order chi connectivity index (χ1) is 13.7. The molecule has 0 saturated carbocycles. The van der Waals surface area contributed by atoms with Crippen LogP contribution in [0.4, 0.5) is 5.82 Å². The Labute approximate surface area is 173 Å². The van der Waals surface area contributed by atoms with Crippen LogP contribution in [0.15, 0.2) is 36.4 Å². The summed E-state index contributed by atoms with van der Waals surface area (Å²) in [6.07, 6.45) is 1.76. The van der Waals surface area contributed by atoms with E-state index in [-0.39, 0.29) is 30.4 Å². The average Bonchev–Trinajstić information content (AvgIpc) is 3.04. The number of carbonyl (C=O) groups excluding carboxylic acids is 2. The Hall–Kier alpha value is -2.83. The third-order valence-electron chi connectivity index (χ3n) is 4.49. The van der Waals surface area contributed by atoms with Crippen molar-refractivity contribution in [2.45, 2.75) is 46.0 Å². The van der Waals surface area contributed by atoms with E-state index >= 15 is 0 Å². The number of carbonyl (C=O) groups is 2. The van der Waals surface area contributed by atoms with Gasteiger partial charge in [-0.1, -0.05) is 52.3 Å². The van der Waals surface area contributed by atoms with Crippen LogP contribution in [0.3, 0.4) is 0 Å². The van der Waals surface area contributed by atoms with E-state index in [0.717, 1.165) is 18.5 Å². The van der Waals surface area contributed by atoms with Crippen molar-refractivity contribution >= 4 is 17.6 Å². The van der Waals surface area contributed by atoms with Crippen LogP contribution >= 0.6 is 0 Å². The molecule has 7 heteroatoms. The lowest BCUT2D eigenvalue weighted by atomic mass is 9.92. The molecule has 1 aromatic heterocycles. The van der Waals surface area contributed by atoms with Crippen molar-refractivity contribution in [2.75, 3.05) is 25.0 Å². The molecule has 0 spiro atoms. The van der Waals surface area contributed by atoms with Crippen LogP contribution in [0.5, 0.6) is 5.75 Å². The Morgan fingerprint density at radius 2 is 1.90 bits per heavy atom. The Balaban J connectivity index is 1.98. The highest BCUT2D eigenvalue weighted by Gasteiger charge is 2.21. The van der Waals surface area contributed by atoms with Gasteiger partial charge in [-0.2, -0.15) is 5.10 Å². The molecule has 2 amide bonds. The van der Waals surface area contributed by atoms with E-state index in [9.17, 15) is 9.59 Å². The number of nitrogens with one attached hydrogen (secondary N) is 1. The van der Waals surface area contributed by atoms with Crippen molar-refractivity contribution < 1.29 is 14.3 Å². The molecule has 2 rings (SSSR count). The van der Waals surface area contributed by atoms with Gasteiger partial charge in [-0.05, 0) is 18.6 Å². The molecule has 0 aliphatic rings. The van der Waals surface area contributed by atoms with Gasteiger partial charge in [-0.3, -0.25) is 14.3 Å². The van der Waals surface area contributed by atoms with E-state index in [1.165, 1.54) is 0 Å². The van der Waals surface area contributed by atoms with Crippen molar-refractivity contribution in [2.24, 2.45) is 7.05 Å². The number of anilines is 1. The molecule has 2 aromatic rings. The molecule has 29 heavy (non-hydrogen) atoms. The molecule has 0 atom stereocenters. The Morgan fingerprint density at radius 3 is 2.48 bits per heavy atom. The van der Waals surface area contributed by atoms with E-state index in [1.807, 2.05) is 31.2 Å². The number of amides is 2. The minimum Gasteiger partial charge on any atom is -0.484 e. The van der Waals surface area contributed by atoms with Crippen molar-refractivity contribution in [1.82, 2.24) is 14.7 Å². The normalized spacial score (nSPS) is 11.2. The van der Waals surface area contributed by atoms with Crippen LogP contribution in [0.25, 0.3) is 0 Å². The number of aromatic nitrogens is 2. The van der Waals surface area contributed by atoms with Crippen molar-refractivity contribution in [1.29, 1.82) is 0 Å². The number of ether oxygens (including phenoxy) is 1. The van der Waals surface area contributed by atoms with Crippen molar-refractivity contribution in [3.05, 3.63) is 42.1 Å². The van der Waals surface area contributed by atoms with Gasteiger partial charge in [0, 0.05) is 25.1 Å². The van der Waals surface area contributed by atoms with Crippen molar-refractivity contribution in [3.63, 3.8) is 0 Å². The van der Waals surface area contributed by atoms with Gasteiger partial charge in [0.15, 0.2) is 6.61 Å². The van der Waals surface area contributed by atoms with Crippen molar-refractivity contribution in [3.8, 4) is 5.75 Å². The van der Waals surface area contributed by atoms with E-state index in [4.69, 9.17) is 4.74 Å². The Morgan fingerprint density at radius 1 is 1.21 bits per heavy atom. The van der Waals surface area contributed by atoms with E-state index in [2.05, 4.69) is 31.2 Å². The number of rotatable bonds is 9. The van der Waals surface area contributed by atoms with Crippen LogP contribution in [0.2, 0.25) is 0 Å². The minimum atomic E-state index is -0.252. The maximum absolute atomic E-state index is 12.6. The molecule has 7 nitrogen and oxygen atoms in total. The van der Waals surface area contributed by atoms with E-state index in [0.29, 0.717) is 18.1 Å². The zero-order chi connectivity index (χ0) is 21.4. The zero-order valence-electron chi connectivity index (χ0n) is 18.1. The van der Waals surface area contributed by atoms with Crippen LogP contribution in [-0.2, 0) is 22.1 Å². The molecule has 0 saturated heterocycles. The molecular weight excluding hydrogens is 368 g/mol. The predicted molar refractivity (Wildman–Crippen MR) is 114 cm³/mol. The highest BCUT2D eigenvalue weighted by atomic mass is 16.5. The quantitative estimate of drug-likeness (QED) is 0.700. The summed E-state index contributed by atoms with van der Waals surface area (Å²) < 4.78 is 7.20. The van der Waals surface area contributed by atoms with Gasteiger partial charge < -0.3 is 15.0 Å². The van der Waals surface area contributed by atoms with Gasteiger partial charge >= 0.3 is 0 Å². The summed E-state index contributed by atoms with van der Waals surface area (Å²) in [4.78, 5) is 26.7. The summed E-state index contributed by atoms with van der Waals surface area (Å²) in [6.45, 7) is 8.65. The molecule has 0 fully saturated rings. The number of benzene rings is 1. The molecule has 0 aliphatic heterocycles. The highest BCUT2D eigenvalue weighted by molar-refractivity contribution is 5.94. The monoisotopic (exact) mass is 400 g/mol. The first-order valence-corrected chi connectivity index (χ1v) is 10.0. The summed E-state index contributed by atoms with van der Waals surface area (Å²) in [5.74, 6) is 0.782. The second-order valence-electron chi connectivity index (χ2n) is 8.11. The lowest BCUT2D eigenvalue weighted by molar-refractivity contribution is -0.136. The van der Waals surface area contributed by atoms with Crippen LogP contribution in [0.1, 0.15) is 46.2 Å². The summed E-state index contributed by atoms with van der Waals surface area (Å²) in [5.41, 5.74) is 0.782. The van der Waals surface area contributed by atoms with Gasteiger partial charge in [0.25, 0.3) is 5.91 Å². The third kappa shape index (κ3) is 6.93. The fourth-order valence-corrected chi connectivity index (χ4v) is 2.70. The zero-order valence-corrected chi connectivity index (χ0v) is 18.1. The molecule has 0 unspecified atom stereocenters. The van der Waals surface area contributed by atoms with Crippen LogP contribution in [-0.4, -0.2) is 46.2 Å². The second-order valence-corrected chi connectivity index (χ2v) is 8.11. The summed E-state index contributed by atoms with van der Waals surface area (Å²) >= 11 is 0. The van der Waals surface area contributed by atoms with E-state index < -0.39 is 0 Å². The first kappa shape index (κ1) is 22.5. The number of aryl methyl sites for hydroxylation is 1. The lowest BCUT2D eigenvalue weighted by Gasteiger charge is -2.22. The SMILES string of the molecule is CCCCN(CC(=O)Nc1cc(C(C)(C)C)nn1C)C(=O)COc1ccccc1. The first-order valence-electron chi connectivity index (χ1n) is 10.0. The fraction of sp³-hybridized carbons (Fsp3) is 0.500. The number of hydrogen-bond donors (Lipinski definition) is 1. The summed E-state index contributed by atoms with van der Waals surface area (Å²) in [7, 11) is 1.79. The molecule has 0 aliphatic carbocycles. The van der Waals surface area contributed by atoms with Gasteiger partial charge in [0.05, 0.1) is 5.69 Å². The Kier molecular flexibility index (Phi) is 7.82. The number of hydrogen-bond acceptors (Lipinski definition) is 4. The van der Waals surface area contributed by atoms with Gasteiger partial charge in [0.2, 0.25) is 5.91 Å². The number of unbranched alkanes of at least 4 members (excludes halogenated alkanes) is 1. The maximum atomic E-state index is 12.6. The second kappa shape index (κ2) is 10.1. The smallest absolute Gasteiger partial charge is 0.260 e. The molecule has 1 aromatic carbocycles. The van der Waals surface area contributed by atoms with Gasteiger partial charge in [0.1, 0.15) is 18.1 Å². The largest absolute Gasteiger partial charge is 0.484 e.